The highest BCUT2D eigenvalue weighted by Gasteiger charge is 2.22. The lowest BCUT2D eigenvalue weighted by atomic mass is 10.1. The van der Waals surface area contributed by atoms with Gasteiger partial charge in [0.1, 0.15) is 5.82 Å². The summed E-state index contributed by atoms with van der Waals surface area (Å²) >= 11 is 6.69. The van der Waals surface area contributed by atoms with E-state index in [0.29, 0.717) is 26.8 Å². The van der Waals surface area contributed by atoms with Crippen molar-refractivity contribution in [1.82, 2.24) is 9.66 Å². The molecule has 1 heterocycles. The van der Waals surface area contributed by atoms with Crippen molar-refractivity contribution in [2.24, 2.45) is 5.10 Å². The monoisotopic (exact) mass is 564 g/mol. The summed E-state index contributed by atoms with van der Waals surface area (Å²) in [4.78, 5) is 29.0. The minimum atomic E-state index is -0.508. The van der Waals surface area contributed by atoms with Crippen LogP contribution in [0.3, 0.4) is 0 Å². The van der Waals surface area contributed by atoms with Gasteiger partial charge in [-0.15, -0.1) is 0 Å². The molecule has 1 atom stereocenters. The minimum absolute atomic E-state index is 0.0314. The van der Waals surface area contributed by atoms with Gasteiger partial charge in [-0.3, -0.25) is 14.9 Å². The Bertz CT molecular complexity index is 1270. The minimum Gasteiger partial charge on any atom is -0.484 e. The van der Waals surface area contributed by atoms with Gasteiger partial charge in [-0.1, -0.05) is 45.7 Å². The van der Waals surface area contributed by atoms with Crippen LogP contribution in [0, 0.1) is 10.1 Å². The predicted molar refractivity (Wildman–Crippen MR) is 132 cm³/mol. The van der Waals surface area contributed by atoms with Crippen molar-refractivity contribution in [2.75, 3.05) is 0 Å². The Kier molecular flexibility index (Phi) is 7.45. The van der Waals surface area contributed by atoms with Crippen molar-refractivity contribution in [2.45, 2.75) is 46.1 Å². The SMILES string of the molecule is CC[C@@H](C)c1nc2ccc(Br)cc2c(=O)n1N=Cc1cc(Br)cc([N+](=O)[O-])c1OC(C)C. The summed E-state index contributed by atoms with van der Waals surface area (Å²) < 4.78 is 8.24. The largest absolute Gasteiger partial charge is 0.484 e. The Morgan fingerprint density at radius 2 is 1.94 bits per heavy atom. The van der Waals surface area contributed by atoms with Crippen molar-refractivity contribution in [3.05, 3.63) is 71.1 Å². The molecule has 1 aromatic heterocycles. The molecule has 0 aliphatic heterocycles. The first-order chi connectivity index (χ1) is 15.1. The summed E-state index contributed by atoms with van der Waals surface area (Å²) in [5.41, 5.74) is 0.446. The normalized spacial score (nSPS) is 12.6. The summed E-state index contributed by atoms with van der Waals surface area (Å²) in [7, 11) is 0. The molecule has 8 nitrogen and oxygen atoms in total. The molecule has 3 aromatic rings. The van der Waals surface area contributed by atoms with Crippen LogP contribution in [0.2, 0.25) is 0 Å². The van der Waals surface area contributed by atoms with Gasteiger partial charge in [0.15, 0.2) is 0 Å². The first kappa shape index (κ1) is 24.1. The van der Waals surface area contributed by atoms with Gasteiger partial charge in [-0.25, -0.2) is 4.98 Å². The molecule has 0 N–H and O–H groups in total. The van der Waals surface area contributed by atoms with Crippen LogP contribution in [0.1, 0.15) is 51.4 Å². The van der Waals surface area contributed by atoms with E-state index in [0.717, 1.165) is 10.9 Å². The molecule has 0 spiro atoms. The second-order valence-electron chi connectivity index (χ2n) is 7.57. The number of hydrogen-bond donors (Lipinski definition) is 0. The highest BCUT2D eigenvalue weighted by molar-refractivity contribution is 9.10. The van der Waals surface area contributed by atoms with Crippen LogP contribution in [-0.4, -0.2) is 26.9 Å². The molecule has 0 saturated carbocycles. The number of hydrogen-bond acceptors (Lipinski definition) is 6. The lowest BCUT2D eigenvalue weighted by molar-refractivity contribution is -0.386. The lowest BCUT2D eigenvalue weighted by Crippen LogP contribution is -2.23. The quantitative estimate of drug-likeness (QED) is 0.198. The zero-order valence-corrected chi connectivity index (χ0v) is 21.2. The number of rotatable bonds is 7. The summed E-state index contributed by atoms with van der Waals surface area (Å²) in [6, 6.07) is 8.36. The molecular weight excluding hydrogens is 544 g/mol. The van der Waals surface area contributed by atoms with E-state index in [-0.39, 0.29) is 29.0 Å². The molecule has 0 fully saturated rings. The molecule has 0 radical (unpaired) electrons. The van der Waals surface area contributed by atoms with Gasteiger partial charge >= 0.3 is 5.69 Å². The van der Waals surface area contributed by atoms with Crippen molar-refractivity contribution in [1.29, 1.82) is 0 Å². The van der Waals surface area contributed by atoms with E-state index in [4.69, 9.17) is 4.74 Å². The molecule has 168 valence electrons. The fourth-order valence-electron chi connectivity index (χ4n) is 3.09. The maximum absolute atomic E-state index is 13.3. The fraction of sp³-hybridized carbons (Fsp3) is 0.318. The first-order valence-corrected chi connectivity index (χ1v) is 11.6. The number of nitro groups is 1. The summed E-state index contributed by atoms with van der Waals surface area (Å²) in [5.74, 6) is 0.571. The molecule has 10 heteroatoms. The van der Waals surface area contributed by atoms with Crippen LogP contribution in [0.25, 0.3) is 10.9 Å². The first-order valence-electron chi connectivity index (χ1n) is 10.0. The van der Waals surface area contributed by atoms with E-state index < -0.39 is 4.92 Å². The van der Waals surface area contributed by atoms with Gasteiger partial charge in [0.25, 0.3) is 5.56 Å². The van der Waals surface area contributed by atoms with Crippen LogP contribution < -0.4 is 10.3 Å². The van der Waals surface area contributed by atoms with Crippen LogP contribution in [0.4, 0.5) is 5.69 Å². The number of aromatic nitrogens is 2. The number of fused-ring (bicyclic) bond motifs is 1. The van der Waals surface area contributed by atoms with Crippen LogP contribution in [0.15, 0.2) is 49.2 Å². The second-order valence-corrected chi connectivity index (χ2v) is 9.40. The molecule has 0 amide bonds. The molecule has 0 saturated heterocycles. The topological polar surface area (TPSA) is 99.6 Å². The molecule has 0 unspecified atom stereocenters. The molecule has 0 aliphatic carbocycles. The van der Waals surface area contributed by atoms with Crippen molar-refractivity contribution < 1.29 is 9.66 Å². The van der Waals surface area contributed by atoms with Crippen molar-refractivity contribution >= 4 is 54.7 Å². The summed E-state index contributed by atoms with van der Waals surface area (Å²) in [5, 5.41) is 16.4. The van der Waals surface area contributed by atoms with E-state index in [1.165, 1.54) is 17.0 Å². The van der Waals surface area contributed by atoms with Gasteiger partial charge in [-0.2, -0.15) is 9.78 Å². The van der Waals surface area contributed by atoms with Gasteiger partial charge in [0.05, 0.1) is 28.1 Å². The number of nitrogens with zero attached hydrogens (tertiary/aromatic N) is 4. The Morgan fingerprint density at radius 3 is 2.56 bits per heavy atom. The average molecular weight is 566 g/mol. The molecule has 0 aliphatic rings. The maximum atomic E-state index is 13.3. The van der Waals surface area contributed by atoms with Crippen LogP contribution in [-0.2, 0) is 0 Å². The molecule has 32 heavy (non-hydrogen) atoms. The predicted octanol–water partition coefficient (Wildman–Crippen LogP) is 6.01. The van der Waals surface area contributed by atoms with Crippen molar-refractivity contribution in [3.63, 3.8) is 0 Å². The number of benzene rings is 2. The second kappa shape index (κ2) is 9.91. The van der Waals surface area contributed by atoms with E-state index in [9.17, 15) is 14.9 Å². The van der Waals surface area contributed by atoms with E-state index in [2.05, 4.69) is 41.9 Å². The number of ether oxygens (including phenoxy) is 1. The van der Waals surface area contributed by atoms with Crippen molar-refractivity contribution in [3.8, 4) is 5.75 Å². The van der Waals surface area contributed by atoms with Gasteiger partial charge in [0.2, 0.25) is 5.75 Å². The lowest BCUT2D eigenvalue weighted by Gasteiger charge is -2.15. The number of nitro benzene ring substituents is 1. The van der Waals surface area contributed by atoms with E-state index in [1.807, 2.05) is 19.9 Å². The standard InChI is InChI=1S/C22H22Br2N4O4/c1-5-13(4)21-26-18-7-6-15(23)9-17(18)22(29)27(21)25-11-14-8-16(24)10-19(28(30)31)20(14)32-12(2)3/h6-13H,5H2,1-4H3/t13-/m1/s1. The molecule has 2 aromatic carbocycles. The average Bonchev–Trinajstić information content (AvgIpc) is 2.73. The van der Waals surface area contributed by atoms with Crippen LogP contribution >= 0.6 is 31.9 Å². The Hall–Kier alpha value is -2.59. The third kappa shape index (κ3) is 5.07. The van der Waals surface area contributed by atoms with Crippen LogP contribution in [0.5, 0.6) is 5.75 Å². The highest BCUT2D eigenvalue weighted by atomic mass is 79.9. The van der Waals surface area contributed by atoms with E-state index >= 15 is 0 Å². The van der Waals surface area contributed by atoms with E-state index in [1.54, 1.807) is 32.0 Å². The smallest absolute Gasteiger partial charge is 0.312 e. The Balaban J connectivity index is 2.25. The third-order valence-electron chi connectivity index (χ3n) is 4.81. The van der Waals surface area contributed by atoms with Gasteiger partial charge in [0, 0.05) is 26.5 Å². The zero-order chi connectivity index (χ0) is 23.6. The molecule has 0 bridgehead atoms. The maximum Gasteiger partial charge on any atom is 0.312 e. The molecule has 3 rings (SSSR count). The Morgan fingerprint density at radius 1 is 1.22 bits per heavy atom. The summed E-state index contributed by atoms with van der Waals surface area (Å²) in [6.07, 6.45) is 1.86. The highest BCUT2D eigenvalue weighted by Crippen LogP contribution is 2.34. The Labute approximate surface area is 201 Å². The molecular formula is C22H22Br2N4O4. The fourth-order valence-corrected chi connectivity index (χ4v) is 3.92. The van der Waals surface area contributed by atoms with Gasteiger partial charge < -0.3 is 4.74 Å². The summed E-state index contributed by atoms with van der Waals surface area (Å²) in [6.45, 7) is 7.53. The van der Waals surface area contributed by atoms with Gasteiger partial charge in [-0.05, 0) is 44.5 Å². The third-order valence-corrected chi connectivity index (χ3v) is 5.76. The number of halogens is 2. The zero-order valence-electron chi connectivity index (χ0n) is 18.0.